The number of aryl methyl sites for hydroxylation is 2. The third-order valence-electron chi connectivity index (χ3n) is 2.32. The van der Waals surface area contributed by atoms with Crippen molar-refractivity contribution in [1.82, 2.24) is 0 Å². The Kier molecular flexibility index (Phi) is 3.08. The Morgan fingerprint density at radius 2 is 1.88 bits per heavy atom. The molecular weight excluding hydrogens is 238 g/mol. The molecule has 0 fully saturated rings. The van der Waals surface area contributed by atoms with E-state index < -0.39 is 0 Å². The second-order valence-corrected chi connectivity index (χ2v) is 4.08. The minimum atomic E-state index is 0.224. The monoisotopic (exact) mass is 247 g/mol. The lowest BCUT2D eigenvalue weighted by Crippen LogP contribution is -1.87. The summed E-state index contributed by atoms with van der Waals surface area (Å²) in [6.07, 6.45) is 0. The molecule has 0 N–H and O–H groups in total. The Balaban J connectivity index is 2.28. The fraction of sp³-hybridized carbons (Fsp3) is 0.154. The van der Waals surface area contributed by atoms with Crippen molar-refractivity contribution in [2.75, 3.05) is 0 Å². The van der Waals surface area contributed by atoms with E-state index in [1.807, 2.05) is 32.0 Å². The largest absolute Gasteiger partial charge is 0.426 e. The molecule has 4 heteroatoms. The molecule has 2 aromatic rings. The number of halogens is 1. The summed E-state index contributed by atoms with van der Waals surface area (Å²) < 4.78 is 10.6. The van der Waals surface area contributed by atoms with Crippen LogP contribution in [-0.4, -0.2) is 0 Å². The van der Waals surface area contributed by atoms with E-state index in [1.165, 1.54) is 0 Å². The number of hydrogen-bond donors (Lipinski definition) is 0. The summed E-state index contributed by atoms with van der Waals surface area (Å²) in [4.78, 5) is 0. The van der Waals surface area contributed by atoms with Gasteiger partial charge in [-0.15, -0.1) is 0 Å². The van der Waals surface area contributed by atoms with Crippen LogP contribution in [0.15, 0.2) is 28.7 Å². The highest BCUT2D eigenvalue weighted by Gasteiger charge is 2.07. The first-order valence-corrected chi connectivity index (χ1v) is 5.42. The average molecular weight is 248 g/mol. The van der Waals surface area contributed by atoms with E-state index in [-0.39, 0.29) is 5.76 Å². The molecule has 0 atom stereocenters. The predicted molar refractivity (Wildman–Crippen MR) is 64.4 cm³/mol. The fourth-order valence-electron chi connectivity index (χ4n) is 1.52. The van der Waals surface area contributed by atoms with Crippen LogP contribution in [0.2, 0.25) is 5.02 Å². The van der Waals surface area contributed by atoms with Crippen LogP contribution >= 0.6 is 11.6 Å². The molecule has 0 aliphatic heterocycles. The summed E-state index contributed by atoms with van der Waals surface area (Å²) >= 11 is 6.06. The molecule has 1 heterocycles. The molecular formula is C13H10ClNO2. The Hall–Kier alpha value is -1.92. The summed E-state index contributed by atoms with van der Waals surface area (Å²) in [5.41, 5.74) is 1.88. The van der Waals surface area contributed by atoms with E-state index in [2.05, 4.69) is 0 Å². The van der Waals surface area contributed by atoms with Gasteiger partial charge in [-0.1, -0.05) is 11.6 Å². The first-order chi connectivity index (χ1) is 8.10. The summed E-state index contributed by atoms with van der Waals surface area (Å²) in [5.74, 6) is 1.16. The molecule has 0 saturated heterocycles. The van der Waals surface area contributed by atoms with Gasteiger partial charge in [0.25, 0.3) is 5.95 Å². The lowest BCUT2D eigenvalue weighted by molar-refractivity contribution is 0.342. The zero-order valence-corrected chi connectivity index (χ0v) is 10.2. The van der Waals surface area contributed by atoms with Crippen LogP contribution < -0.4 is 4.74 Å². The Labute approximate surface area is 104 Å². The van der Waals surface area contributed by atoms with Crippen molar-refractivity contribution in [3.8, 4) is 17.8 Å². The van der Waals surface area contributed by atoms with Crippen molar-refractivity contribution in [3.05, 3.63) is 46.2 Å². The molecule has 0 aliphatic rings. The highest BCUT2D eigenvalue weighted by atomic mass is 35.5. The van der Waals surface area contributed by atoms with E-state index in [1.54, 1.807) is 12.1 Å². The maximum atomic E-state index is 8.62. The highest BCUT2D eigenvalue weighted by Crippen LogP contribution is 2.29. The van der Waals surface area contributed by atoms with Crippen LogP contribution in [0.25, 0.3) is 0 Å². The molecule has 0 spiro atoms. The van der Waals surface area contributed by atoms with Gasteiger partial charge in [0.1, 0.15) is 11.8 Å². The van der Waals surface area contributed by atoms with Crippen molar-refractivity contribution in [3.63, 3.8) is 0 Å². The lowest BCUT2D eigenvalue weighted by Gasteiger charge is -2.07. The zero-order valence-electron chi connectivity index (χ0n) is 9.45. The third kappa shape index (κ3) is 2.43. The van der Waals surface area contributed by atoms with Crippen LogP contribution in [0.1, 0.15) is 16.9 Å². The maximum absolute atomic E-state index is 8.62. The van der Waals surface area contributed by atoms with E-state index >= 15 is 0 Å². The quantitative estimate of drug-likeness (QED) is 0.798. The van der Waals surface area contributed by atoms with Crippen molar-refractivity contribution >= 4 is 11.6 Å². The molecule has 0 radical (unpaired) electrons. The van der Waals surface area contributed by atoms with E-state index in [0.29, 0.717) is 11.7 Å². The third-order valence-corrected chi connectivity index (χ3v) is 2.92. The summed E-state index contributed by atoms with van der Waals surface area (Å²) in [7, 11) is 0. The topological polar surface area (TPSA) is 46.2 Å². The van der Waals surface area contributed by atoms with Gasteiger partial charge < -0.3 is 9.15 Å². The Bertz CT molecular complexity index is 573. The number of benzene rings is 1. The number of nitriles is 1. The molecule has 1 aromatic carbocycles. The smallest absolute Gasteiger partial charge is 0.291 e. The maximum Gasteiger partial charge on any atom is 0.291 e. The number of furan rings is 1. The minimum absolute atomic E-state index is 0.224. The predicted octanol–water partition coefficient (Wildman–Crippen LogP) is 4.21. The molecule has 86 valence electrons. The Morgan fingerprint density at radius 1 is 1.24 bits per heavy atom. The normalized spacial score (nSPS) is 10.0. The summed E-state index contributed by atoms with van der Waals surface area (Å²) in [6.45, 7) is 3.82. The van der Waals surface area contributed by atoms with Gasteiger partial charge in [0, 0.05) is 11.1 Å². The number of ether oxygens (including phenoxy) is 1. The first kappa shape index (κ1) is 11.6. The van der Waals surface area contributed by atoms with E-state index in [4.69, 9.17) is 26.0 Å². The van der Waals surface area contributed by atoms with Gasteiger partial charge in [-0.05, 0) is 43.2 Å². The molecule has 0 bridgehead atoms. The van der Waals surface area contributed by atoms with Gasteiger partial charge >= 0.3 is 0 Å². The van der Waals surface area contributed by atoms with E-state index in [0.717, 1.165) is 16.1 Å². The molecule has 17 heavy (non-hydrogen) atoms. The van der Waals surface area contributed by atoms with Gasteiger partial charge in [-0.25, -0.2) is 0 Å². The Morgan fingerprint density at radius 3 is 2.41 bits per heavy atom. The summed E-state index contributed by atoms with van der Waals surface area (Å²) in [6, 6.07) is 8.71. The van der Waals surface area contributed by atoms with Crippen LogP contribution in [0.4, 0.5) is 0 Å². The van der Waals surface area contributed by atoms with Gasteiger partial charge in [0.05, 0.1) is 0 Å². The van der Waals surface area contributed by atoms with Crippen molar-refractivity contribution in [2.24, 2.45) is 0 Å². The zero-order chi connectivity index (χ0) is 12.4. The van der Waals surface area contributed by atoms with Gasteiger partial charge in [-0.2, -0.15) is 5.26 Å². The molecule has 0 aliphatic carbocycles. The highest BCUT2D eigenvalue weighted by molar-refractivity contribution is 6.32. The van der Waals surface area contributed by atoms with Gasteiger partial charge in [0.15, 0.2) is 0 Å². The van der Waals surface area contributed by atoms with Crippen molar-refractivity contribution in [2.45, 2.75) is 13.8 Å². The van der Waals surface area contributed by atoms with Crippen LogP contribution in [-0.2, 0) is 0 Å². The second-order valence-electron chi connectivity index (χ2n) is 3.70. The first-order valence-electron chi connectivity index (χ1n) is 5.04. The van der Waals surface area contributed by atoms with Crippen LogP contribution in [0.3, 0.4) is 0 Å². The molecule has 0 unspecified atom stereocenters. The standard InChI is InChI=1S/C13H10ClNO2/c1-8-5-11(6-9(2)13(8)14)17-12-4-3-10(7-15)16-12/h3-6H,1-2H3. The number of hydrogen-bond acceptors (Lipinski definition) is 3. The van der Waals surface area contributed by atoms with E-state index in [9.17, 15) is 0 Å². The summed E-state index contributed by atoms with van der Waals surface area (Å²) in [5, 5.41) is 9.36. The number of nitrogens with zero attached hydrogens (tertiary/aromatic N) is 1. The molecule has 0 saturated carbocycles. The number of rotatable bonds is 2. The SMILES string of the molecule is Cc1cc(Oc2ccc(C#N)o2)cc(C)c1Cl. The van der Waals surface area contributed by atoms with Crippen molar-refractivity contribution < 1.29 is 9.15 Å². The van der Waals surface area contributed by atoms with Crippen LogP contribution in [0, 0.1) is 25.2 Å². The minimum Gasteiger partial charge on any atom is -0.426 e. The second kappa shape index (κ2) is 4.52. The lowest BCUT2D eigenvalue weighted by atomic mass is 10.1. The fourth-order valence-corrected chi connectivity index (χ4v) is 1.63. The molecule has 1 aromatic heterocycles. The molecule has 0 amide bonds. The average Bonchev–Trinajstić information content (AvgIpc) is 2.73. The van der Waals surface area contributed by atoms with Gasteiger partial charge in [-0.3, -0.25) is 0 Å². The van der Waals surface area contributed by atoms with Gasteiger partial charge in [0.2, 0.25) is 5.76 Å². The molecule has 2 rings (SSSR count). The van der Waals surface area contributed by atoms with Crippen molar-refractivity contribution in [1.29, 1.82) is 5.26 Å². The molecule has 3 nitrogen and oxygen atoms in total. The van der Waals surface area contributed by atoms with Crippen LogP contribution in [0.5, 0.6) is 11.7 Å².